The van der Waals surface area contributed by atoms with E-state index in [-0.39, 0.29) is 18.5 Å². The molecule has 1 atom stereocenters. The number of halogens is 1. The number of hydrogen-bond donors (Lipinski definition) is 1. The Morgan fingerprint density at radius 3 is 2.69 bits per heavy atom. The third-order valence-electron chi connectivity index (χ3n) is 5.08. The monoisotopic (exact) mass is 393 g/mol. The summed E-state index contributed by atoms with van der Waals surface area (Å²) >= 11 is 0. The van der Waals surface area contributed by atoms with Crippen LogP contribution in [0.1, 0.15) is 36.7 Å². The molecule has 0 saturated carbocycles. The van der Waals surface area contributed by atoms with E-state index in [9.17, 15) is 9.18 Å². The van der Waals surface area contributed by atoms with Gasteiger partial charge >= 0.3 is 0 Å². The molecule has 6 nitrogen and oxygen atoms in total. The summed E-state index contributed by atoms with van der Waals surface area (Å²) in [4.78, 5) is 19.4. The van der Waals surface area contributed by atoms with Crippen molar-refractivity contribution in [1.82, 2.24) is 14.8 Å². The first kappa shape index (κ1) is 19.1. The predicted octanol–water partition coefficient (Wildman–Crippen LogP) is 4.33. The van der Waals surface area contributed by atoms with Crippen LogP contribution < -0.4 is 10.2 Å². The molecule has 0 aliphatic carbocycles. The van der Waals surface area contributed by atoms with Crippen LogP contribution in [0.5, 0.6) is 0 Å². The van der Waals surface area contributed by atoms with Crippen LogP contribution in [0.3, 0.4) is 0 Å². The van der Waals surface area contributed by atoms with Crippen molar-refractivity contribution in [3.8, 4) is 11.1 Å². The Morgan fingerprint density at radius 2 is 2.03 bits per heavy atom. The van der Waals surface area contributed by atoms with Crippen molar-refractivity contribution in [2.75, 3.05) is 23.3 Å². The molecule has 150 valence electrons. The van der Waals surface area contributed by atoms with Crippen LogP contribution in [-0.4, -0.2) is 39.9 Å². The van der Waals surface area contributed by atoms with Gasteiger partial charge in [0.1, 0.15) is 6.17 Å². The van der Waals surface area contributed by atoms with Gasteiger partial charge in [0.05, 0.1) is 24.0 Å². The van der Waals surface area contributed by atoms with Gasteiger partial charge in [0, 0.05) is 30.5 Å². The largest absolute Gasteiger partial charge is 0.352 e. The number of anilines is 2. The van der Waals surface area contributed by atoms with E-state index in [2.05, 4.69) is 15.4 Å². The summed E-state index contributed by atoms with van der Waals surface area (Å²) < 4.78 is 15.6. The van der Waals surface area contributed by atoms with Gasteiger partial charge in [-0.15, -0.1) is 0 Å². The van der Waals surface area contributed by atoms with Gasteiger partial charge in [0.2, 0.25) is 0 Å². The molecule has 0 spiro atoms. The second-order valence-electron chi connectivity index (χ2n) is 7.51. The van der Waals surface area contributed by atoms with E-state index >= 15 is 0 Å². The highest BCUT2D eigenvalue weighted by Gasteiger charge is 2.27. The van der Waals surface area contributed by atoms with Crippen LogP contribution >= 0.6 is 0 Å². The Labute approximate surface area is 169 Å². The van der Waals surface area contributed by atoms with Crippen molar-refractivity contribution >= 4 is 17.4 Å². The van der Waals surface area contributed by atoms with Crippen LogP contribution in [0.15, 0.2) is 55.0 Å². The van der Waals surface area contributed by atoms with Crippen LogP contribution in [0.4, 0.5) is 15.9 Å². The zero-order valence-electron chi connectivity index (χ0n) is 16.5. The lowest BCUT2D eigenvalue weighted by Crippen LogP contribution is -2.24. The summed E-state index contributed by atoms with van der Waals surface area (Å²) in [6.07, 6.45) is 4.57. The normalized spacial score (nSPS) is 16.4. The molecule has 1 unspecified atom stereocenters. The number of benzene rings is 1. The molecular formula is C22H24FN5O. The second-order valence-corrected chi connectivity index (χ2v) is 7.51. The minimum atomic E-state index is -0.884. The molecule has 3 aromatic rings. The van der Waals surface area contributed by atoms with E-state index in [1.54, 1.807) is 23.3 Å². The number of pyridine rings is 1. The molecule has 2 aromatic heterocycles. The smallest absolute Gasteiger partial charge is 0.258 e. The summed E-state index contributed by atoms with van der Waals surface area (Å²) in [6.45, 7) is 4.85. The van der Waals surface area contributed by atoms with Gasteiger partial charge in [-0.25, -0.2) is 9.37 Å². The predicted molar refractivity (Wildman–Crippen MR) is 112 cm³/mol. The third-order valence-corrected chi connectivity index (χ3v) is 5.08. The van der Waals surface area contributed by atoms with Gasteiger partial charge in [-0.2, -0.15) is 5.10 Å². The molecule has 29 heavy (non-hydrogen) atoms. The zero-order chi connectivity index (χ0) is 20.4. The SMILES string of the molecule is CC(C)n1cc(C(=O)Nc2c(-c3ccccc3)ccnc2N2CCC(F)C2)cn1. The minimum absolute atomic E-state index is 0.163. The minimum Gasteiger partial charge on any atom is -0.352 e. The Balaban J connectivity index is 1.73. The molecule has 1 amide bonds. The van der Waals surface area contributed by atoms with E-state index < -0.39 is 6.17 Å². The molecule has 1 aliphatic rings. The molecule has 0 bridgehead atoms. The Kier molecular flexibility index (Phi) is 5.29. The maximum absolute atomic E-state index is 13.9. The number of amides is 1. The summed E-state index contributed by atoms with van der Waals surface area (Å²) in [5.41, 5.74) is 2.87. The highest BCUT2D eigenvalue weighted by Crippen LogP contribution is 2.36. The van der Waals surface area contributed by atoms with Crippen LogP contribution in [0, 0.1) is 0 Å². The Bertz CT molecular complexity index is 1000. The number of nitrogens with zero attached hydrogens (tertiary/aromatic N) is 4. The molecule has 1 saturated heterocycles. The number of aromatic nitrogens is 3. The number of alkyl halides is 1. The van der Waals surface area contributed by atoms with Gasteiger partial charge < -0.3 is 10.2 Å². The summed E-state index contributed by atoms with van der Waals surface area (Å²) in [5.74, 6) is 0.329. The summed E-state index contributed by atoms with van der Waals surface area (Å²) in [5, 5.41) is 7.27. The molecule has 1 fully saturated rings. The maximum atomic E-state index is 13.9. The van der Waals surface area contributed by atoms with Crippen molar-refractivity contribution in [2.24, 2.45) is 0 Å². The quantitative estimate of drug-likeness (QED) is 0.701. The molecule has 1 aromatic carbocycles. The molecule has 4 rings (SSSR count). The van der Waals surface area contributed by atoms with Crippen LogP contribution in [0.2, 0.25) is 0 Å². The maximum Gasteiger partial charge on any atom is 0.258 e. The van der Waals surface area contributed by atoms with Crippen LogP contribution in [-0.2, 0) is 0 Å². The van der Waals surface area contributed by atoms with Crippen molar-refractivity contribution in [3.63, 3.8) is 0 Å². The van der Waals surface area contributed by atoms with Gasteiger partial charge in [-0.1, -0.05) is 30.3 Å². The first-order valence-corrected chi connectivity index (χ1v) is 9.82. The molecular weight excluding hydrogens is 369 g/mol. The lowest BCUT2D eigenvalue weighted by atomic mass is 10.0. The van der Waals surface area contributed by atoms with Gasteiger partial charge in [-0.05, 0) is 31.9 Å². The second kappa shape index (κ2) is 8.03. The molecule has 1 aliphatic heterocycles. The molecule has 0 radical (unpaired) electrons. The van der Waals surface area contributed by atoms with Gasteiger partial charge in [0.15, 0.2) is 5.82 Å². The lowest BCUT2D eigenvalue weighted by molar-refractivity contribution is 0.102. The first-order valence-electron chi connectivity index (χ1n) is 9.82. The van der Waals surface area contributed by atoms with Gasteiger partial charge in [0.25, 0.3) is 5.91 Å². The van der Waals surface area contributed by atoms with E-state index in [1.165, 1.54) is 0 Å². The number of carbonyl (C=O) groups excluding carboxylic acids is 1. The van der Waals surface area contributed by atoms with Crippen molar-refractivity contribution in [3.05, 3.63) is 60.6 Å². The van der Waals surface area contributed by atoms with Crippen LogP contribution in [0.25, 0.3) is 11.1 Å². The van der Waals surface area contributed by atoms with Crippen molar-refractivity contribution in [2.45, 2.75) is 32.5 Å². The van der Waals surface area contributed by atoms with E-state index in [0.29, 0.717) is 30.0 Å². The standard InChI is InChI=1S/C22H24FN5O/c1-15(2)28-13-17(12-25-28)22(29)26-20-19(16-6-4-3-5-7-16)8-10-24-21(20)27-11-9-18(23)14-27/h3-8,10,12-13,15,18H,9,11,14H2,1-2H3,(H,26,29). The van der Waals surface area contributed by atoms with Crippen molar-refractivity contribution in [1.29, 1.82) is 0 Å². The molecule has 3 heterocycles. The highest BCUT2D eigenvalue weighted by atomic mass is 19.1. The van der Waals surface area contributed by atoms with Crippen molar-refractivity contribution < 1.29 is 9.18 Å². The average molecular weight is 393 g/mol. The Morgan fingerprint density at radius 1 is 1.24 bits per heavy atom. The number of carbonyl (C=O) groups is 1. The fourth-order valence-electron chi connectivity index (χ4n) is 3.51. The summed E-state index contributed by atoms with van der Waals surface area (Å²) in [7, 11) is 0. The summed E-state index contributed by atoms with van der Waals surface area (Å²) in [6, 6.07) is 11.8. The topological polar surface area (TPSA) is 63.1 Å². The zero-order valence-corrected chi connectivity index (χ0v) is 16.5. The number of rotatable bonds is 5. The highest BCUT2D eigenvalue weighted by molar-refractivity contribution is 6.08. The average Bonchev–Trinajstić information content (AvgIpc) is 3.38. The molecule has 1 N–H and O–H groups in total. The van der Waals surface area contributed by atoms with E-state index in [4.69, 9.17) is 0 Å². The van der Waals surface area contributed by atoms with E-state index in [1.807, 2.05) is 55.1 Å². The third kappa shape index (κ3) is 3.99. The fraction of sp³-hybridized carbons (Fsp3) is 0.318. The Hall–Kier alpha value is -3.22. The first-order chi connectivity index (χ1) is 14.0. The number of hydrogen-bond acceptors (Lipinski definition) is 4. The van der Waals surface area contributed by atoms with E-state index in [0.717, 1.165) is 11.1 Å². The van der Waals surface area contributed by atoms with Gasteiger partial charge in [-0.3, -0.25) is 9.48 Å². The lowest BCUT2D eigenvalue weighted by Gasteiger charge is -2.22. The number of nitrogens with one attached hydrogen (secondary N) is 1. The molecule has 7 heteroatoms. The fourth-order valence-corrected chi connectivity index (χ4v) is 3.51.